The van der Waals surface area contributed by atoms with Crippen LogP contribution in [0.15, 0.2) is 52.4 Å². The van der Waals surface area contributed by atoms with Gasteiger partial charge in [0.1, 0.15) is 5.75 Å². The summed E-state index contributed by atoms with van der Waals surface area (Å²) in [6.45, 7) is -0.242. The molecule has 0 fully saturated rings. The van der Waals surface area contributed by atoms with Crippen molar-refractivity contribution in [2.24, 2.45) is 10.1 Å². The lowest BCUT2D eigenvalue weighted by molar-refractivity contribution is -0.0504. The van der Waals surface area contributed by atoms with E-state index in [2.05, 4.69) is 20.4 Å². The average molecular weight is 426 g/mol. The van der Waals surface area contributed by atoms with E-state index in [-0.39, 0.29) is 17.2 Å². The van der Waals surface area contributed by atoms with Crippen LogP contribution in [0.3, 0.4) is 0 Å². The van der Waals surface area contributed by atoms with Gasteiger partial charge in [0.25, 0.3) is 0 Å². The molecule has 0 atom stereocenters. The number of aryl methyl sites for hydroxylation is 1. The van der Waals surface area contributed by atoms with Crippen molar-refractivity contribution in [1.29, 1.82) is 0 Å². The number of ether oxygens (including phenoxy) is 1. The molecule has 0 saturated carbocycles. The minimum Gasteiger partial charge on any atom is -0.434 e. The van der Waals surface area contributed by atoms with E-state index in [9.17, 15) is 17.2 Å². The van der Waals surface area contributed by atoms with Gasteiger partial charge in [-0.2, -0.15) is 8.78 Å². The van der Waals surface area contributed by atoms with Gasteiger partial charge in [-0.15, -0.1) is 0 Å². The van der Waals surface area contributed by atoms with E-state index in [0.717, 1.165) is 11.1 Å². The topological polar surface area (TPSA) is 106 Å². The summed E-state index contributed by atoms with van der Waals surface area (Å²) in [5.74, 6) is 0.610. The molecule has 0 aliphatic heterocycles. The highest BCUT2D eigenvalue weighted by Crippen LogP contribution is 2.22. The quantitative estimate of drug-likeness (QED) is 0.443. The lowest BCUT2D eigenvalue weighted by Gasteiger charge is -2.15. The van der Waals surface area contributed by atoms with Crippen molar-refractivity contribution >= 4 is 16.0 Å². The van der Waals surface area contributed by atoms with E-state index in [0.29, 0.717) is 24.5 Å². The van der Waals surface area contributed by atoms with Crippen LogP contribution in [0.2, 0.25) is 0 Å². The number of alkyl halides is 2. The molecule has 0 spiro atoms. The van der Waals surface area contributed by atoms with Gasteiger partial charge in [0.05, 0.1) is 4.90 Å². The van der Waals surface area contributed by atoms with Crippen LogP contribution >= 0.6 is 0 Å². The van der Waals surface area contributed by atoms with Gasteiger partial charge in [0.2, 0.25) is 10.0 Å². The van der Waals surface area contributed by atoms with E-state index >= 15 is 0 Å². The van der Waals surface area contributed by atoms with Gasteiger partial charge in [-0.1, -0.05) is 29.8 Å². The molecule has 0 unspecified atom stereocenters. The number of nitrogens with one attached hydrogen (secondary N) is 2. The Bertz CT molecular complexity index is 948. The zero-order valence-corrected chi connectivity index (χ0v) is 17.0. The van der Waals surface area contributed by atoms with Crippen LogP contribution in [-0.2, 0) is 23.0 Å². The Labute approximate surface area is 169 Å². The van der Waals surface area contributed by atoms with Crippen molar-refractivity contribution in [2.45, 2.75) is 31.4 Å². The van der Waals surface area contributed by atoms with Gasteiger partial charge in [0, 0.05) is 25.7 Å². The SMILES string of the molecule is CN=C(NCCc1ccc(S(N)(=O)=O)cc1)NCc1cc(C)ccc1OC(F)F. The predicted octanol–water partition coefficient (Wildman–Crippen LogP) is 2.15. The number of sulfonamides is 1. The van der Waals surface area contributed by atoms with Crippen LogP contribution in [0.4, 0.5) is 8.78 Å². The van der Waals surface area contributed by atoms with E-state index in [1.165, 1.54) is 18.2 Å². The third-order valence-corrected chi connectivity index (χ3v) is 4.99. The number of hydrogen-bond acceptors (Lipinski definition) is 4. The van der Waals surface area contributed by atoms with Crippen LogP contribution in [0.1, 0.15) is 16.7 Å². The Morgan fingerprint density at radius 3 is 2.45 bits per heavy atom. The van der Waals surface area contributed by atoms with Crippen molar-refractivity contribution in [3.63, 3.8) is 0 Å². The predicted molar refractivity (Wildman–Crippen MR) is 108 cm³/mol. The Hall–Kier alpha value is -2.72. The summed E-state index contributed by atoms with van der Waals surface area (Å²) in [6.07, 6.45) is 0.621. The monoisotopic (exact) mass is 426 g/mol. The number of rotatable bonds is 8. The molecule has 0 radical (unpaired) electrons. The second-order valence-electron chi connectivity index (χ2n) is 6.28. The van der Waals surface area contributed by atoms with Crippen molar-refractivity contribution < 1.29 is 21.9 Å². The van der Waals surface area contributed by atoms with E-state index in [1.807, 2.05) is 6.92 Å². The van der Waals surface area contributed by atoms with Crippen molar-refractivity contribution in [3.8, 4) is 5.75 Å². The Kier molecular flexibility index (Phi) is 7.91. The van der Waals surface area contributed by atoms with Crippen LogP contribution in [0.25, 0.3) is 0 Å². The number of hydrogen-bond donors (Lipinski definition) is 3. The molecular formula is C19H24F2N4O3S. The maximum absolute atomic E-state index is 12.6. The Morgan fingerprint density at radius 2 is 1.86 bits per heavy atom. The number of halogens is 2. The van der Waals surface area contributed by atoms with Crippen LogP contribution in [-0.4, -0.2) is 34.6 Å². The smallest absolute Gasteiger partial charge is 0.387 e. The summed E-state index contributed by atoms with van der Waals surface area (Å²) >= 11 is 0. The van der Waals surface area contributed by atoms with E-state index in [1.54, 1.807) is 31.3 Å². The third-order valence-electron chi connectivity index (χ3n) is 4.06. The van der Waals surface area contributed by atoms with Crippen molar-refractivity contribution in [1.82, 2.24) is 10.6 Å². The largest absolute Gasteiger partial charge is 0.434 e. The van der Waals surface area contributed by atoms with Gasteiger partial charge in [0.15, 0.2) is 5.96 Å². The van der Waals surface area contributed by atoms with Crippen molar-refractivity contribution in [2.75, 3.05) is 13.6 Å². The number of aliphatic imine (C=N–C) groups is 1. The fourth-order valence-electron chi connectivity index (χ4n) is 2.63. The molecule has 4 N–H and O–H groups in total. The normalized spacial score (nSPS) is 12.1. The summed E-state index contributed by atoms with van der Waals surface area (Å²) in [7, 11) is -2.11. The fourth-order valence-corrected chi connectivity index (χ4v) is 3.14. The van der Waals surface area contributed by atoms with E-state index < -0.39 is 16.6 Å². The highest BCUT2D eigenvalue weighted by atomic mass is 32.2. The van der Waals surface area contributed by atoms with Gasteiger partial charge >= 0.3 is 6.61 Å². The highest BCUT2D eigenvalue weighted by Gasteiger charge is 2.11. The molecule has 2 aromatic rings. The molecule has 0 amide bonds. The third kappa shape index (κ3) is 7.31. The Morgan fingerprint density at radius 1 is 1.17 bits per heavy atom. The lowest BCUT2D eigenvalue weighted by atomic mass is 10.1. The minimum absolute atomic E-state index is 0.0617. The summed E-state index contributed by atoms with van der Waals surface area (Å²) < 4.78 is 52.2. The van der Waals surface area contributed by atoms with Crippen LogP contribution in [0, 0.1) is 6.92 Å². The van der Waals surface area contributed by atoms with Gasteiger partial charge < -0.3 is 15.4 Å². The second-order valence-corrected chi connectivity index (χ2v) is 7.84. The zero-order chi connectivity index (χ0) is 21.4. The first kappa shape index (κ1) is 22.6. The number of guanidine groups is 1. The standard InChI is InChI=1S/C19H24F2N4O3S/c1-13-3-8-17(28-18(20)21)15(11-13)12-25-19(23-2)24-10-9-14-4-6-16(7-5-14)29(22,26)27/h3-8,11,18H,9-10,12H2,1-2H3,(H2,22,26,27)(H2,23,24,25). The minimum atomic E-state index is -3.71. The first-order valence-electron chi connectivity index (χ1n) is 8.79. The van der Waals surface area contributed by atoms with E-state index in [4.69, 9.17) is 5.14 Å². The average Bonchev–Trinajstić information content (AvgIpc) is 2.65. The molecule has 0 aliphatic rings. The molecule has 10 heteroatoms. The molecule has 0 saturated heterocycles. The molecule has 2 rings (SSSR count). The molecule has 0 bridgehead atoms. The molecule has 7 nitrogen and oxygen atoms in total. The molecule has 2 aromatic carbocycles. The van der Waals surface area contributed by atoms with Gasteiger partial charge in [-0.25, -0.2) is 13.6 Å². The number of nitrogens with zero attached hydrogens (tertiary/aromatic N) is 1. The molecule has 158 valence electrons. The molecule has 29 heavy (non-hydrogen) atoms. The van der Waals surface area contributed by atoms with Gasteiger partial charge in [-0.05, 0) is 37.1 Å². The molecular weight excluding hydrogens is 402 g/mol. The van der Waals surface area contributed by atoms with Crippen LogP contribution < -0.4 is 20.5 Å². The van der Waals surface area contributed by atoms with Crippen LogP contribution in [0.5, 0.6) is 5.75 Å². The second kappa shape index (κ2) is 10.2. The molecule has 0 aromatic heterocycles. The highest BCUT2D eigenvalue weighted by molar-refractivity contribution is 7.89. The number of benzene rings is 2. The van der Waals surface area contributed by atoms with Gasteiger partial charge in [-0.3, -0.25) is 4.99 Å². The first-order chi connectivity index (χ1) is 13.7. The molecule has 0 aliphatic carbocycles. The molecule has 0 heterocycles. The summed E-state index contributed by atoms with van der Waals surface area (Å²) in [6, 6.07) is 11.3. The number of nitrogens with two attached hydrogens (primary N) is 1. The lowest BCUT2D eigenvalue weighted by Crippen LogP contribution is -2.38. The summed E-state index contributed by atoms with van der Waals surface area (Å²) in [5, 5.41) is 11.3. The maximum Gasteiger partial charge on any atom is 0.387 e. The number of primary sulfonamides is 1. The first-order valence-corrected chi connectivity index (χ1v) is 10.3. The van der Waals surface area contributed by atoms with Crippen molar-refractivity contribution in [3.05, 3.63) is 59.2 Å². The fraction of sp³-hybridized carbons (Fsp3) is 0.316. The maximum atomic E-state index is 12.6. The zero-order valence-electron chi connectivity index (χ0n) is 16.2. The summed E-state index contributed by atoms with van der Waals surface area (Å²) in [4.78, 5) is 4.17. The summed E-state index contributed by atoms with van der Waals surface area (Å²) in [5.41, 5.74) is 2.44. The Balaban J connectivity index is 1.89.